The fraction of sp³-hybridized carbons (Fsp3) is 0.500. The Morgan fingerprint density at radius 3 is 2.62 bits per heavy atom. The van der Waals surface area contributed by atoms with Crippen LogP contribution in [0.2, 0.25) is 0 Å². The summed E-state index contributed by atoms with van der Waals surface area (Å²) < 4.78 is 4.89. The number of aldehydes is 1. The molecule has 0 saturated heterocycles. The lowest BCUT2D eigenvalue weighted by Crippen LogP contribution is -2.29. The quantitative estimate of drug-likeness (QED) is 0.520. The van der Waals surface area contributed by atoms with Gasteiger partial charge in [0.05, 0.1) is 18.7 Å². The summed E-state index contributed by atoms with van der Waals surface area (Å²) in [5, 5.41) is 9.04. The Kier molecular flexibility index (Phi) is 8.12. The van der Waals surface area contributed by atoms with E-state index >= 15 is 0 Å². The molecule has 6 nitrogen and oxygen atoms in total. The lowest BCUT2D eigenvalue weighted by atomic mass is 9.95. The molecule has 0 heterocycles. The average molecular weight is 335 g/mol. The molecule has 1 atom stereocenters. The molecule has 0 aliphatic rings. The monoisotopic (exact) mass is 335 g/mol. The first-order chi connectivity index (χ1) is 11.4. The fourth-order valence-electron chi connectivity index (χ4n) is 2.51. The van der Waals surface area contributed by atoms with Crippen molar-refractivity contribution in [1.82, 2.24) is 4.90 Å². The van der Waals surface area contributed by atoms with Crippen molar-refractivity contribution in [2.45, 2.75) is 26.7 Å². The third kappa shape index (κ3) is 6.50. The first kappa shape index (κ1) is 19.8. The topological polar surface area (TPSA) is 83.9 Å². The maximum absolute atomic E-state index is 11.4. The molecule has 1 N–H and O–H groups in total. The molecule has 1 unspecified atom stereocenters. The lowest BCUT2D eigenvalue weighted by molar-refractivity contribution is -0.144. The highest BCUT2D eigenvalue weighted by molar-refractivity contribution is 5.89. The number of aromatic carboxylic acids is 1. The number of nitrogens with zero attached hydrogens (tertiary/aromatic N) is 1. The van der Waals surface area contributed by atoms with Crippen molar-refractivity contribution < 1.29 is 24.2 Å². The number of ether oxygens (including phenoxy) is 1. The van der Waals surface area contributed by atoms with E-state index in [4.69, 9.17) is 9.84 Å². The Bertz CT molecular complexity index is 585. The van der Waals surface area contributed by atoms with Gasteiger partial charge in [-0.2, -0.15) is 0 Å². The van der Waals surface area contributed by atoms with E-state index in [9.17, 15) is 14.4 Å². The number of carboxylic acids is 1. The Morgan fingerprint density at radius 1 is 1.38 bits per heavy atom. The van der Waals surface area contributed by atoms with E-state index in [1.54, 1.807) is 26.0 Å². The zero-order valence-corrected chi connectivity index (χ0v) is 14.4. The highest BCUT2D eigenvalue weighted by Crippen LogP contribution is 2.16. The minimum absolute atomic E-state index is 0.176. The van der Waals surface area contributed by atoms with Gasteiger partial charge < -0.3 is 14.6 Å². The summed E-state index contributed by atoms with van der Waals surface area (Å²) in [6.07, 6.45) is 2.09. The van der Waals surface area contributed by atoms with Crippen molar-refractivity contribution >= 4 is 18.2 Å². The number of carboxylic acid groups (broad SMARTS) is 1. The van der Waals surface area contributed by atoms with Gasteiger partial charge in [-0.25, -0.2) is 4.79 Å². The third-order valence-corrected chi connectivity index (χ3v) is 3.80. The van der Waals surface area contributed by atoms with E-state index in [0.29, 0.717) is 31.6 Å². The van der Waals surface area contributed by atoms with Gasteiger partial charge in [-0.3, -0.25) is 9.69 Å². The molecule has 0 amide bonds. The molecule has 24 heavy (non-hydrogen) atoms. The molecule has 0 aromatic heterocycles. The molecule has 0 radical (unpaired) electrons. The van der Waals surface area contributed by atoms with Crippen LogP contribution in [0.5, 0.6) is 0 Å². The van der Waals surface area contributed by atoms with Crippen LogP contribution in [0.4, 0.5) is 0 Å². The molecule has 0 spiro atoms. The predicted molar refractivity (Wildman–Crippen MR) is 90.1 cm³/mol. The summed E-state index contributed by atoms with van der Waals surface area (Å²) in [6, 6.07) is 5.12. The Morgan fingerprint density at radius 2 is 2.08 bits per heavy atom. The maximum atomic E-state index is 11.4. The second-order valence-corrected chi connectivity index (χ2v) is 5.89. The summed E-state index contributed by atoms with van der Waals surface area (Å²) in [5.74, 6) is -1.40. The molecule has 0 fully saturated rings. The van der Waals surface area contributed by atoms with Gasteiger partial charge in [0, 0.05) is 5.92 Å². The molecule has 1 rings (SSSR count). The van der Waals surface area contributed by atoms with Gasteiger partial charge in [0.1, 0.15) is 6.29 Å². The average Bonchev–Trinajstić information content (AvgIpc) is 2.51. The summed E-state index contributed by atoms with van der Waals surface area (Å²) in [5.41, 5.74) is 1.89. The zero-order valence-electron chi connectivity index (χ0n) is 14.4. The molecule has 1 aromatic rings. The molecule has 0 aliphatic carbocycles. The van der Waals surface area contributed by atoms with E-state index in [1.165, 1.54) is 0 Å². The number of carbonyl (C=O) groups excluding carboxylic acids is 2. The van der Waals surface area contributed by atoms with Crippen LogP contribution in [0.25, 0.3) is 0 Å². The van der Waals surface area contributed by atoms with Crippen LogP contribution in [0, 0.1) is 12.8 Å². The van der Waals surface area contributed by atoms with Gasteiger partial charge in [-0.15, -0.1) is 0 Å². The van der Waals surface area contributed by atoms with Crippen molar-refractivity contribution in [1.29, 1.82) is 0 Å². The highest BCUT2D eigenvalue weighted by Gasteiger charge is 2.14. The summed E-state index contributed by atoms with van der Waals surface area (Å²) in [6.45, 7) is 4.67. The lowest BCUT2D eigenvalue weighted by Gasteiger charge is -2.18. The first-order valence-electron chi connectivity index (χ1n) is 7.99. The van der Waals surface area contributed by atoms with E-state index in [2.05, 4.69) is 0 Å². The summed E-state index contributed by atoms with van der Waals surface area (Å²) >= 11 is 0. The molecular weight excluding hydrogens is 310 g/mol. The number of rotatable bonds is 10. The Balaban J connectivity index is 2.56. The van der Waals surface area contributed by atoms with Crippen molar-refractivity contribution in [3.63, 3.8) is 0 Å². The molecule has 0 bridgehead atoms. The minimum atomic E-state index is -0.952. The first-order valence-corrected chi connectivity index (χ1v) is 7.99. The van der Waals surface area contributed by atoms with Crippen LogP contribution in [0.3, 0.4) is 0 Å². The van der Waals surface area contributed by atoms with E-state index in [0.717, 1.165) is 11.8 Å². The van der Waals surface area contributed by atoms with Gasteiger partial charge in [0.15, 0.2) is 0 Å². The number of likely N-dealkylation sites (N-methyl/N-ethyl adjacent to an activating group) is 1. The second kappa shape index (κ2) is 9.82. The van der Waals surface area contributed by atoms with Crippen LogP contribution in [0.1, 0.15) is 34.8 Å². The van der Waals surface area contributed by atoms with Crippen molar-refractivity contribution in [3.05, 3.63) is 34.9 Å². The maximum Gasteiger partial charge on any atom is 0.335 e. The van der Waals surface area contributed by atoms with Gasteiger partial charge >= 0.3 is 11.9 Å². The van der Waals surface area contributed by atoms with Gasteiger partial charge in [-0.1, -0.05) is 12.1 Å². The van der Waals surface area contributed by atoms with E-state index in [1.807, 2.05) is 18.0 Å². The number of aryl methyl sites for hydroxylation is 1. The minimum Gasteiger partial charge on any atom is -0.478 e. The number of benzene rings is 1. The predicted octanol–water partition coefficient (Wildman–Crippen LogP) is 1.94. The Hall–Kier alpha value is -2.21. The fourth-order valence-corrected chi connectivity index (χ4v) is 2.51. The standard InChI is InChI=1S/C18H25NO5/c1-4-24-17(21)11-19(3)8-7-15(12-20)10-14-5-6-16(18(22)23)13(2)9-14/h5-6,9,12,15H,4,7-8,10-11H2,1-3H3,(H,22,23). The molecular formula is C18H25NO5. The van der Waals surface area contributed by atoms with Gasteiger partial charge in [0.25, 0.3) is 0 Å². The molecule has 0 saturated carbocycles. The van der Waals surface area contributed by atoms with E-state index in [-0.39, 0.29) is 24.0 Å². The van der Waals surface area contributed by atoms with Crippen molar-refractivity contribution in [3.8, 4) is 0 Å². The van der Waals surface area contributed by atoms with Crippen molar-refractivity contribution in [2.24, 2.45) is 5.92 Å². The summed E-state index contributed by atoms with van der Waals surface area (Å²) in [7, 11) is 1.81. The number of carbonyl (C=O) groups is 3. The Labute approximate surface area is 142 Å². The smallest absolute Gasteiger partial charge is 0.335 e. The van der Waals surface area contributed by atoms with Gasteiger partial charge in [0.2, 0.25) is 0 Å². The van der Waals surface area contributed by atoms with Crippen LogP contribution in [-0.4, -0.2) is 55.0 Å². The largest absolute Gasteiger partial charge is 0.478 e. The number of hydrogen-bond donors (Lipinski definition) is 1. The third-order valence-electron chi connectivity index (χ3n) is 3.80. The van der Waals surface area contributed by atoms with Crippen LogP contribution < -0.4 is 0 Å². The van der Waals surface area contributed by atoms with Crippen LogP contribution in [0.15, 0.2) is 18.2 Å². The summed E-state index contributed by atoms with van der Waals surface area (Å²) in [4.78, 5) is 35.6. The molecule has 1 aromatic carbocycles. The molecule has 6 heteroatoms. The number of hydrogen-bond acceptors (Lipinski definition) is 5. The zero-order chi connectivity index (χ0) is 18.1. The number of esters is 1. The normalized spacial score (nSPS) is 12.0. The van der Waals surface area contributed by atoms with Crippen molar-refractivity contribution in [2.75, 3.05) is 26.7 Å². The molecule has 0 aliphatic heterocycles. The van der Waals surface area contributed by atoms with Crippen LogP contribution in [-0.2, 0) is 20.7 Å². The SMILES string of the molecule is CCOC(=O)CN(C)CCC(C=O)Cc1ccc(C(=O)O)c(C)c1. The second-order valence-electron chi connectivity index (χ2n) is 5.89. The van der Waals surface area contributed by atoms with E-state index < -0.39 is 5.97 Å². The van der Waals surface area contributed by atoms with Gasteiger partial charge in [-0.05, 0) is 57.5 Å². The van der Waals surface area contributed by atoms with Crippen LogP contribution >= 0.6 is 0 Å². The molecule has 132 valence electrons. The highest BCUT2D eigenvalue weighted by atomic mass is 16.5.